The number of rotatable bonds is 6. The van der Waals surface area contributed by atoms with Gasteiger partial charge in [0, 0.05) is 12.7 Å². The Kier molecular flexibility index (Phi) is 6.61. The third kappa shape index (κ3) is 5.21. The van der Waals surface area contributed by atoms with Crippen molar-refractivity contribution in [2.24, 2.45) is 0 Å². The Morgan fingerprint density at radius 2 is 1.82 bits per heavy atom. The molecule has 1 heterocycles. The van der Waals surface area contributed by atoms with Crippen molar-refractivity contribution in [1.82, 2.24) is 9.47 Å². The van der Waals surface area contributed by atoms with Crippen molar-refractivity contribution in [3.8, 4) is 0 Å². The highest BCUT2D eigenvalue weighted by molar-refractivity contribution is 5.82. The number of pyridine rings is 1. The van der Waals surface area contributed by atoms with Crippen molar-refractivity contribution in [3.05, 3.63) is 69.6 Å². The molecular weight excluding hydrogens is 377 g/mol. The van der Waals surface area contributed by atoms with Crippen molar-refractivity contribution in [2.75, 3.05) is 13.7 Å². The predicted octanol–water partition coefficient (Wildman–Crippen LogP) is 2.38. The van der Waals surface area contributed by atoms with E-state index in [4.69, 9.17) is 0 Å². The molecule has 1 aromatic carbocycles. The number of carbonyl (C=O) groups excluding carboxylic acids is 2. The molecule has 2 rings (SSSR count). The zero-order valence-electron chi connectivity index (χ0n) is 15.3. The van der Waals surface area contributed by atoms with Gasteiger partial charge in [-0.05, 0) is 30.2 Å². The second-order valence-electron chi connectivity index (χ2n) is 6.11. The van der Waals surface area contributed by atoms with E-state index in [1.54, 1.807) is 12.1 Å². The van der Waals surface area contributed by atoms with Crippen LogP contribution in [-0.4, -0.2) is 35.0 Å². The molecule has 1 amide bonds. The third-order valence-corrected chi connectivity index (χ3v) is 4.15. The lowest BCUT2D eigenvalue weighted by Crippen LogP contribution is -2.40. The van der Waals surface area contributed by atoms with E-state index < -0.39 is 42.3 Å². The van der Waals surface area contributed by atoms with Crippen LogP contribution >= 0.6 is 0 Å². The summed E-state index contributed by atoms with van der Waals surface area (Å²) < 4.78 is 44.0. The summed E-state index contributed by atoms with van der Waals surface area (Å²) in [6.07, 6.45) is -3.73. The molecule has 0 aliphatic carbocycles. The number of methoxy groups -OCH3 is 1. The summed E-state index contributed by atoms with van der Waals surface area (Å²) in [5.41, 5.74) is -1.05. The van der Waals surface area contributed by atoms with Crippen LogP contribution in [0.2, 0.25) is 0 Å². The lowest BCUT2D eigenvalue weighted by molar-refractivity contribution is -0.147. The third-order valence-electron chi connectivity index (χ3n) is 4.15. The van der Waals surface area contributed by atoms with Crippen LogP contribution in [0, 0.1) is 6.92 Å². The summed E-state index contributed by atoms with van der Waals surface area (Å²) in [6.45, 7) is 0.852. The average Bonchev–Trinajstić information content (AvgIpc) is 2.63. The van der Waals surface area contributed by atoms with Gasteiger partial charge in [-0.2, -0.15) is 13.2 Å². The van der Waals surface area contributed by atoms with Crippen LogP contribution in [0.5, 0.6) is 0 Å². The van der Waals surface area contributed by atoms with Gasteiger partial charge in [-0.15, -0.1) is 0 Å². The highest BCUT2D eigenvalue weighted by Crippen LogP contribution is 2.26. The number of benzene rings is 1. The number of esters is 1. The fourth-order valence-corrected chi connectivity index (χ4v) is 2.57. The Labute approximate surface area is 159 Å². The Morgan fingerprint density at radius 1 is 1.14 bits per heavy atom. The molecule has 6 nitrogen and oxygen atoms in total. The number of hydrogen-bond acceptors (Lipinski definition) is 4. The second-order valence-corrected chi connectivity index (χ2v) is 6.11. The van der Waals surface area contributed by atoms with E-state index in [1.165, 1.54) is 0 Å². The first-order chi connectivity index (χ1) is 13.1. The number of nitrogens with zero attached hydrogens (tertiary/aromatic N) is 2. The monoisotopic (exact) mass is 396 g/mol. The molecule has 0 radical (unpaired) electrons. The van der Waals surface area contributed by atoms with E-state index in [2.05, 4.69) is 4.74 Å². The van der Waals surface area contributed by atoms with E-state index >= 15 is 0 Å². The van der Waals surface area contributed by atoms with Crippen LogP contribution in [0.1, 0.15) is 16.7 Å². The number of carbonyl (C=O) groups is 2. The minimum Gasteiger partial charge on any atom is -0.468 e. The minimum absolute atomic E-state index is 0.0499. The molecule has 0 aliphatic heterocycles. The van der Waals surface area contributed by atoms with E-state index in [1.807, 2.05) is 19.1 Å². The number of aryl methyl sites for hydroxylation is 1. The van der Waals surface area contributed by atoms with E-state index in [-0.39, 0.29) is 6.54 Å². The second kappa shape index (κ2) is 8.73. The zero-order valence-corrected chi connectivity index (χ0v) is 15.3. The number of hydrogen-bond donors (Lipinski definition) is 0. The van der Waals surface area contributed by atoms with Gasteiger partial charge in [-0.1, -0.05) is 24.3 Å². The molecule has 2 aromatic rings. The first kappa shape index (κ1) is 21.2. The van der Waals surface area contributed by atoms with Crippen LogP contribution in [0.4, 0.5) is 13.2 Å². The lowest BCUT2D eigenvalue weighted by atomic mass is 10.1. The van der Waals surface area contributed by atoms with Gasteiger partial charge in [0.1, 0.15) is 18.7 Å². The van der Waals surface area contributed by atoms with Crippen molar-refractivity contribution in [2.45, 2.75) is 26.2 Å². The van der Waals surface area contributed by atoms with Crippen molar-refractivity contribution < 1.29 is 27.5 Å². The fraction of sp³-hybridized carbons (Fsp3) is 0.316. The molecule has 0 spiro atoms. The first-order valence-electron chi connectivity index (χ1n) is 8.29. The number of halogens is 3. The lowest BCUT2D eigenvalue weighted by Gasteiger charge is -2.23. The fourth-order valence-electron chi connectivity index (χ4n) is 2.57. The van der Waals surface area contributed by atoms with Crippen LogP contribution in [0.3, 0.4) is 0 Å². The average molecular weight is 396 g/mol. The summed E-state index contributed by atoms with van der Waals surface area (Å²) in [6, 6.07) is 8.87. The van der Waals surface area contributed by atoms with Crippen LogP contribution in [-0.2, 0) is 33.6 Å². The molecule has 0 atom stereocenters. The van der Waals surface area contributed by atoms with Gasteiger partial charge in [0.2, 0.25) is 5.91 Å². The number of amides is 1. The molecule has 9 heteroatoms. The minimum atomic E-state index is -4.82. The summed E-state index contributed by atoms with van der Waals surface area (Å²) in [4.78, 5) is 37.5. The maximum atomic E-state index is 12.9. The topological polar surface area (TPSA) is 68.6 Å². The maximum absolute atomic E-state index is 12.9. The van der Waals surface area contributed by atoms with E-state index in [9.17, 15) is 27.6 Å². The predicted molar refractivity (Wildman–Crippen MR) is 94.3 cm³/mol. The van der Waals surface area contributed by atoms with Crippen molar-refractivity contribution >= 4 is 11.9 Å². The van der Waals surface area contributed by atoms with Gasteiger partial charge in [0.25, 0.3) is 5.56 Å². The molecule has 0 saturated heterocycles. The molecule has 28 heavy (non-hydrogen) atoms. The largest absolute Gasteiger partial charge is 0.468 e. The van der Waals surface area contributed by atoms with Crippen LogP contribution < -0.4 is 5.56 Å². The van der Waals surface area contributed by atoms with Gasteiger partial charge in [0.05, 0.1) is 7.11 Å². The molecular formula is C19H19F3N2O4. The molecule has 0 aliphatic rings. The van der Waals surface area contributed by atoms with Crippen LogP contribution in [0.15, 0.2) is 47.4 Å². The highest BCUT2D eigenvalue weighted by atomic mass is 19.4. The van der Waals surface area contributed by atoms with Gasteiger partial charge in [-0.25, -0.2) is 0 Å². The van der Waals surface area contributed by atoms with Gasteiger partial charge in [0.15, 0.2) is 0 Å². The molecule has 0 N–H and O–H groups in total. The van der Waals surface area contributed by atoms with E-state index in [0.717, 1.165) is 35.4 Å². The number of aromatic nitrogens is 1. The van der Waals surface area contributed by atoms with Crippen molar-refractivity contribution in [1.29, 1.82) is 0 Å². The number of ether oxygens (including phenoxy) is 1. The molecule has 150 valence electrons. The normalized spacial score (nSPS) is 11.2. The van der Waals surface area contributed by atoms with Gasteiger partial charge in [-0.3, -0.25) is 14.4 Å². The molecule has 0 bridgehead atoms. The van der Waals surface area contributed by atoms with Crippen molar-refractivity contribution in [3.63, 3.8) is 0 Å². The summed E-state index contributed by atoms with van der Waals surface area (Å²) in [5, 5.41) is 0. The Balaban J connectivity index is 2.29. The summed E-state index contributed by atoms with van der Waals surface area (Å²) >= 11 is 0. The Morgan fingerprint density at radius 3 is 2.43 bits per heavy atom. The first-order valence-corrected chi connectivity index (χ1v) is 8.29. The SMILES string of the molecule is COC(=O)CN(Cc1ccccc1C)C(=O)Cn1cccc(C(F)(F)F)c1=O. The molecule has 0 fully saturated rings. The summed E-state index contributed by atoms with van der Waals surface area (Å²) in [7, 11) is 1.16. The molecule has 0 saturated carbocycles. The molecule has 0 unspecified atom stereocenters. The standard InChI is InChI=1S/C19H19F3N2O4/c1-13-6-3-4-7-14(13)10-24(12-17(26)28-2)16(25)11-23-9-5-8-15(18(23)27)19(20,21)22/h3-9H,10-12H2,1-2H3. The Hall–Kier alpha value is -3.10. The summed E-state index contributed by atoms with van der Waals surface area (Å²) in [5.74, 6) is -1.37. The highest BCUT2D eigenvalue weighted by Gasteiger charge is 2.34. The molecule has 1 aromatic heterocycles. The van der Waals surface area contributed by atoms with E-state index in [0.29, 0.717) is 10.6 Å². The smallest absolute Gasteiger partial charge is 0.421 e. The van der Waals surface area contributed by atoms with Gasteiger partial charge >= 0.3 is 12.1 Å². The van der Waals surface area contributed by atoms with Crippen LogP contribution in [0.25, 0.3) is 0 Å². The Bertz CT molecular complexity index is 922. The number of alkyl halides is 3. The maximum Gasteiger partial charge on any atom is 0.421 e. The quantitative estimate of drug-likeness (QED) is 0.703. The van der Waals surface area contributed by atoms with Gasteiger partial charge < -0.3 is 14.2 Å². The zero-order chi connectivity index (χ0) is 20.9.